The van der Waals surface area contributed by atoms with Gasteiger partial charge < -0.3 is 4.90 Å². The van der Waals surface area contributed by atoms with Crippen LogP contribution in [0.25, 0.3) is 22.3 Å². The fourth-order valence-corrected chi connectivity index (χ4v) is 9.83. The highest BCUT2D eigenvalue weighted by Crippen LogP contribution is 2.60. The first-order chi connectivity index (χ1) is 26.1. The first-order valence-electron chi connectivity index (χ1n) is 18.9. The zero-order valence-electron chi connectivity index (χ0n) is 30.2. The van der Waals surface area contributed by atoms with Gasteiger partial charge in [-0.2, -0.15) is 0 Å². The van der Waals surface area contributed by atoms with Crippen LogP contribution in [0, 0.1) is 5.92 Å². The number of hydrogen-bond donors (Lipinski definition) is 0. The van der Waals surface area contributed by atoms with Crippen LogP contribution in [0.1, 0.15) is 53.1 Å². The standard InChI is InChI=1S/C52H41N/c1-51(2)45-25-14-12-23-42(45)43-34-33-41(35-48(43)51)53(40-31-29-37(30-32-40)36-17-6-3-7-18-36)49-28-16-27-47-50(49)44-24-13-15-26-46(44)52(47,38-19-8-4-9-20-38)39-21-10-5-11-22-39/h3-35,42,45H,1-2H3. The topological polar surface area (TPSA) is 3.24 Å². The molecule has 0 heterocycles. The average molecular weight is 680 g/mol. The molecular formula is C52H41N. The van der Waals surface area contributed by atoms with Crippen LogP contribution < -0.4 is 4.90 Å². The van der Waals surface area contributed by atoms with E-state index in [2.05, 4.69) is 219 Å². The van der Waals surface area contributed by atoms with E-state index >= 15 is 0 Å². The molecule has 7 aromatic carbocycles. The second-order valence-corrected chi connectivity index (χ2v) is 15.3. The number of benzene rings is 7. The van der Waals surface area contributed by atoms with E-state index in [0.717, 1.165) is 5.69 Å². The SMILES string of the molecule is CC1(C)c2cc(N(c3ccc(-c4ccccc4)cc3)c3cccc4c3-c3ccccc3C4(c3ccccc3)c3ccccc3)ccc2C2C=CC=CC21. The summed E-state index contributed by atoms with van der Waals surface area (Å²) in [6.07, 6.45) is 9.26. The summed E-state index contributed by atoms with van der Waals surface area (Å²) in [5.41, 5.74) is 16.1. The van der Waals surface area contributed by atoms with Gasteiger partial charge in [-0.05, 0) is 91.7 Å². The van der Waals surface area contributed by atoms with Gasteiger partial charge in [0.2, 0.25) is 0 Å². The molecule has 3 aliphatic rings. The molecule has 0 bridgehead atoms. The Morgan fingerprint density at radius 2 is 1.06 bits per heavy atom. The second kappa shape index (κ2) is 12.2. The first-order valence-corrected chi connectivity index (χ1v) is 18.9. The summed E-state index contributed by atoms with van der Waals surface area (Å²) in [6.45, 7) is 4.85. The van der Waals surface area contributed by atoms with Crippen molar-refractivity contribution in [1.29, 1.82) is 0 Å². The summed E-state index contributed by atoms with van der Waals surface area (Å²) in [5.74, 6) is 0.851. The first kappa shape index (κ1) is 31.5. The Balaban J connectivity index is 1.24. The highest BCUT2D eigenvalue weighted by molar-refractivity contribution is 5.97. The molecule has 1 nitrogen and oxygen atoms in total. The third-order valence-corrected chi connectivity index (χ3v) is 12.3. The summed E-state index contributed by atoms with van der Waals surface area (Å²) in [4.78, 5) is 2.51. The third kappa shape index (κ3) is 4.70. The van der Waals surface area contributed by atoms with E-state index in [1.165, 1.54) is 67.0 Å². The molecule has 53 heavy (non-hydrogen) atoms. The van der Waals surface area contributed by atoms with Gasteiger partial charge in [0.15, 0.2) is 0 Å². The van der Waals surface area contributed by atoms with E-state index in [4.69, 9.17) is 0 Å². The van der Waals surface area contributed by atoms with Gasteiger partial charge in [0.05, 0.1) is 11.1 Å². The number of rotatable bonds is 6. The predicted octanol–water partition coefficient (Wildman–Crippen LogP) is 13.3. The Hall–Kier alpha value is -6.18. The quantitative estimate of drug-likeness (QED) is 0.169. The van der Waals surface area contributed by atoms with Gasteiger partial charge >= 0.3 is 0 Å². The maximum Gasteiger partial charge on any atom is 0.0714 e. The summed E-state index contributed by atoms with van der Waals surface area (Å²) in [5, 5.41) is 0. The van der Waals surface area contributed by atoms with E-state index in [-0.39, 0.29) is 5.41 Å². The minimum atomic E-state index is -0.471. The molecular weight excluding hydrogens is 639 g/mol. The van der Waals surface area contributed by atoms with Crippen LogP contribution in [-0.2, 0) is 10.8 Å². The Bertz CT molecular complexity index is 2480. The lowest BCUT2D eigenvalue weighted by molar-refractivity contribution is 0.394. The maximum absolute atomic E-state index is 2.51. The zero-order valence-corrected chi connectivity index (χ0v) is 30.2. The maximum atomic E-state index is 2.51. The molecule has 0 fully saturated rings. The van der Waals surface area contributed by atoms with E-state index in [0.29, 0.717) is 11.8 Å². The Kier molecular flexibility index (Phi) is 7.27. The molecule has 1 heteroatoms. The number of nitrogens with zero attached hydrogens (tertiary/aromatic N) is 1. The van der Waals surface area contributed by atoms with Gasteiger partial charge in [-0.3, -0.25) is 0 Å². The molecule has 2 unspecified atom stereocenters. The van der Waals surface area contributed by atoms with Crippen molar-refractivity contribution in [2.75, 3.05) is 4.90 Å². The smallest absolute Gasteiger partial charge is 0.0714 e. The van der Waals surface area contributed by atoms with Crippen molar-refractivity contribution in [3.05, 3.63) is 234 Å². The number of allylic oxidation sites excluding steroid dienone is 4. The molecule has 254 valence electrons. The molecule has 0 aliphatic heterocycles. The molecule has 0 amide bonds. The molecule has 0 radical (unpaired) electrons. The predicted molar refractivity (Wildman–Crippen MR) is 221 cm³/mol. The second-order valence-electron chi connectivity index (χ2n) is 15.3. The summed E-state index contributed by atoms with van der Waals surface area (Å²) >= 11 is 0. The van der Waals surface area contributed by atoms with Crippen molar-refractivity contribution in [3.63, 3.8) is 0 Å². The Labute approximate surface area is 313 Å². The van der Waals surface area contributed by atoms with Crippen LogP contribution in [0.15, 0.2) is 200 Å². The van der Waals surface area contributed by atoms with Crippen LogP contribution in [0.3, 0.4) is 0 Å². The minimum absolute atomic E-state index is 0.00111. The third-order valence-electron chi connectivity index (χ3n) is 12.3. The fraction of sp³-hybridized carbons (Fsp3) is 0.115. The molecule has 0 N–H and O–H groups in total. The van der Waals surface area contributed by atoms with Gasteiger partial charge in [0, 0.05) is 22.9 Å². The molecule has 0 aromatic heterocycles. The summed E-state index contributed by atoms with van der Waals surface area (Å²) in [6, 6.07) is 65.3. The normalized spacial score (nSPS) is 18.2. The van der Waals surface area contributed by atoms with Crippen molar-refractivity contribution in [2.24, 2.45) is 5.92 Å². The summed E-state index contributed by atoms with van der Waals surface area (Å²) in [7, 11) is 0. The molecule has 0 saturated carbocycles. The fourth-order valence-electron chi connectivity index (χ4n) is 9.83. The van der Waals surface area contributed by atoms with Crippen molar-refractivity contribution >= 4 is 17.1 Å². The molecule has 0 saturated heterocycles. The van der Waals surface area contributed by atoms with Crippen LogP contribution in [-0.4, -0.2) is 0 Å². The lowest BCUT2D eigenvalue weighted by atomic mass is 9.68. The number of fused-ring (bicyclic) bond motifs is 6. The zero-order chi connectivity index (χ0) is 35.6. The lowest BCUT2D eigenvalue weighted by Crippen LogP contribution is -2.28. The van der Waals surface area contributed by atoms with Gasteiger partial charge in [-0.1, -0.05) is 184 Å². The number of anilines is 3. The van der Waals surface area contributed by atoms with Crippen molar-refractivity contribution in [2.45, 2.75) is 30.6 Å². The Morgan fingerprint density at radius 3 is 1.77 bits per heavy atom. The van der Waals surface area contributed by atoms with Crippen molar-refractivity contribution in [3.8, 4) is 22.3 Å². The van der Waals surface area contributed by atoms with E-state index in [1.54, 1.807) is 0 Å². The average Bonchev–Trinajstić information content (AvgIpc) is 3.66. The molecule has 7 aromatic rings. The molecule has 0 spiro atoms. The van der Waals surface area contributed by atoms with E-state index in [9.17, 15) is 0 Å². The largest absolute Gasteiger partial charge is 0.310 e. The monoisotopic (exact) mass is 679 g/mol. The summed E-state index contributed by atoms with van der Waals surface area (Å²) < 4.78 is 0. The van der Waals surface area contributed by atoms with Crippen LogP contribution in [0.5, 0.6) is 0 Å². The van der Waals surface area contributed by atoms with Gasteiger partial charge in [-0.25, -0.2) is 0 Å². The van der Waals surface area contributed by atoms with E-state index < -0.39 is 5.41 Å². The van der Waals surface area contributed by atoms with Gasteiger partial charge in [-0.15, -0.1) is 0 Å². The van der Waals surface area contributed by atoms with E-state index in [1.807, 2.05) is 0 Å². The van der Waals surface area contributed by atoms with Crippen LogP contribution >= 0.6 is 0 Å². The molecule has 3 aliphatic carbocycles. The van der Waals surface area contributed by atoms with Gasteiger partial charge in [0.25, 0.3) is 0 Å². The molecule has 2 atom stereocenters. The molecule has 10 rings (SSSR count). The van der Waals surface area contributed by atoms with Crippen LogP contribution in [0.2, 0.25) is 0 Å². The highest BCUT2D eigenvalue weighted by atomic mass is 15.1. The van der Waals surface area contributed by atoms with Gasteiger partial charge in [0.1, 0.15) is 0 Å². The Morgan fingerprint density at radius 1 is 0.472 bits per heavy atom. The van der Waals surface area contributed by atoms with Crippen LogP contribution in [0.4, 0.5) is 17.1 Å². The lowest BCUT2D eigenvalue weighted by Gasteiger charge is -2.34. The number of hydrogen-bond acceptors (Lipinski definition) is 1. The highest BCUT2D eigenvalue weighted by Gasteiger charge is 2.48. The van der Waals surface area contributed by atoms with Crippen molar-refractivity contribution in [1.82, 2.24) is 0 Å². The van der Waals surface area contributed by atoms with Crippen molar-refractivity contribution < 1.29 is 0 Å². The minimum Gasteiger partial charge on any atom is -0.310 e.